The highest BCUT2D eigenvalue weighted by Gasteiger charge is 1.99. The first-order valence-electron chi connectivity index (χ1n) is 5.60. The molecule has 0 saturated heterocycles. The Morgan fingerprint density at radius 3 is 3.06 bits per heavy atom. The van der Waals surface area contributed by atoms with Gasteiger partial charge in [0, 0.05) is 32.6 Å². The molecule has 0 saturated carbocycles. The maximum Gasteiger partial charge on any atom is 0.185 e. The van der Waals surface area contributed by atoms with Crippen LogP contribution in [0.3, 0.4) is 0 Å². The molecular weight excluding hydrogens is 224 g/mol. The number of nitrogens with one attached hydrogen (secondary N) is 1. The maximum atomic E-state index is 5.25. The molecule has 1 aromatic rings. The van der Waals surface area contributed by atoms with E-state index in [-0.39, 0.29) is 0 Å². The van der Waals surface area contributed by atoms with Crippen LogP contribution >= 0.6 is 11.8 Å². The highest BCUT2D eigenvalue weighted by atomic mass is 32.2. The normalized spacial score (nSPS) is 10.9. The summed E-state index contributed by atoms with van der Waals surface area (Å²) in [5.74, 6) is 1.02. The van der Waals surface area contributed by atoms with E-state index in [2.05, 4.69) is 15.4 Å². The zero-order chi connectivity index (χ0) is 11.6. The Hall–Kier alpha value is -0.590. The Labute approximate surface area is 101 Å². The molecule has 0 fully saturated rings. The predicted octanol–water partition coefficient (Wildman–Crippen LogP) is 0.923. The number of aromatic nitrogens is 3. The zero-order valence-electron chi connectivity index (χ0n) is 9.98. The van der Waals surface area contributed by atoms with Gasteiger partial charge in [0.2, 0.25) is 0 Å². The van der Waals surface area contributed by atoms with Gasteiger partial charge in [-0.2, -0.15) is 5.10 Å². The minimum atomic E-state index is 0.808. The third-order valence-corrected chi connectivity index (χ3v) is 3.06. The molecule has 16 heavy (non-hydrogen) atoms. The number of ether oxygens (including phenoxy) is 1. The molecule has 1 rings (SSSR count). The molecule has 0 spiro atoms. The van der Waals surface area contributed by atoms with E-state index in [0.29, 0.717) is 0 Å². The third kappa shape index (κ3) is 5.48. The second-order valence-corrected chi connectivity index (χ2v) is 4.38. The Morgan fingerprint density at radius 2 is 2.38 bits per heavy atom. The topological polar surface area (TPSA) is 52.0 Å². The van der Waals surface area contributed by atoms with Crippen molar-refractivity contribution in [1.29, 1.82) is 0 Å². The molecule has 0 amide bonds. The summed E-state index contributed by atoms with van der Waals surface area (Å²) in [6, 6.07) is 0. The van der Waals surface area contributed by atoms with Crippen molar-refractivity contribution in [2.24, 2.45) is 7.05 Å². The minimum absolute atomic E-state index is 0.808. The van der Waals surface area contributed by atoms with E-state index in [9.17, 15) is 0 Å². The fraction of sp³-hybridized carbons (Fsp3) is 0.800. The van der Waals surface area contributed by atoms with Crippen molar-refractivity contribution < 1.29 is 4.74 Å². The molecule has 0 bridgehead atoms. The fourth-order valence-electron chi connectivity index (χ4n) is 1.20. The van der Waals surface area contributed by atoms with Crippen LogP contribution in [0.4, 0.5) is 0 Å². The van der Waals surface area contributed by atoms with E-state index in [4.69, 9.17) is 4.74 Å². The van der Waals surface area contributed by atoms with Crippen LogP contribution in [0, 0.1) is 0 Å². The fourth-order valence-corrected chi connectivity index (χ4v) is 1.98. The second-order valence-electron chi connectivity index (χ2n) is 3.32. The molecule has 0 aromatic carbocycles. The lowest BCUT2D eigenvalue weighted by molar-refractivity contribution is 0.145. The summed E-state index contributed by atoms with van der Waals surface area (Å²) in [7, 11) is 1.91. The number of hydrogen-bond acceptors (Lipinski definition) is 5. The van der Waals surface area contributed by atoms with Crippen LogP contribution in [0.1, 0.15) is 13.3 Å². The number of nitrogens with zero attached hydrogens (tertiary/aromatic N) is 3. The van der Waals surface area contributed by atoms with Crippen LogP contribution in [0.5, 0.6) is 0 Å². The summed E-state index contributed by atoms with van der Waals surface area (Å²) in [6.07, 6.45) is 2.65. The Bertz CT molecular complexity index is 280. The summed E-state index contributed by atoms with van der Waals surface area (Å²) in [6.45, 7) is 5.68. The lowest BCUT2D eigenvalue weighted by atomic mass is 10.4. The van der Waals surface area contributed by atoms with Crippen LogP contribution in [-0.4, -0.2) is 46.8 Å². The predicted molar refractivity (Wildman–Crippen MR) is 65.7 cm³/mol. The number of aryl methyl sites for hydroxylation is 1. The van der Waals surface area contributed by atoms with Gasteiger partial charge in [-0.05, 0) is 19.9 Å². The molecule has 5 nitrogen and oxygen atoms in total. The quantitative estimate of drug-likeness (QED) is 0.517. The van der Waals surface area contributed by atoms with E-state index >= 15 is 0 Å². The molecule has 1 aromatic heterocycles. The van der Waals surface area contributed by atoms with Gasteiger partial charge in [0.25, 0.3) is 0 Å². The SMILES string of the molecule is CCOCCCNCCSc1ncnn1C. The van der Waals surface area contributed by atoms with Crippen LogP contribution < -0.4 is 5.32 Å². The summed E-state index contributed by atoms with van der Waals surface area (Å²) < 4.78 is 7.04. The van der Waals surface area contributed by atoms with Crippen LogP contribution in [0.15, 0.2) is 11.5 Å². The van der Waals surface area contributed by atoms with Gasteiger partial charge in [0.15, 0.2) is 5.16 Å². The van der Waals surface area contributed by atoms with Gasteiger partial charge in [-0.15, -0.1) is 0 Å². The van der Waals surface area contributed by atoms with Gasteiger partial charge in [-0.1, -0.05) is 11.8 Å². The van der Waals surface area contributed by atoms with Crippen molar-refractivity contribution >= 4 is 11.8 Å². The van der Waals surface area contributed by atoms with Crippen molar-refractivity contribution in [3.8, 4) is 0 Å². The van der Waals surface area contributed by atoms with Crippen LogP contribution in [-0.2, 0) is 11.8 Å². The van der Waals surface area contributed by atoms with Crippen molar-refractivity contribution in [3.63, 3.8) is 0 Å². The average molecular weight is 244 g/mol. The lowest BCUT2D eigenvalue weighted by Crippen LogP contribution is -2.19. The van der Waals surface area contributed by atoms with Crippen molar-refractivity contribution in [2.45, 2.75) is 18.5 Å². The molecular formula is C10H20N4OS. The summed E-state index contributed by atoms with van der Waals surface area (Å²) in [5, 5.41) is 8.35. The molecule has 0 aliphatic rings. The van der Waals surface area contributed by atoms with Crippen molar-refractivity contribution in [3.05, 3.63) is 6.33 Å². The van der Waals surface area contributed by atoms with Crippen molar-refractivity contribution in [1.82, 2.24) is 20.1 Å². The highest BCUT2D eigenvalue weighted by Crippen LogP contribution is 2.11. The Balaban J connectivity index is 1.91. The van der Waals surface area contributed by atoms with Gasteiger partial charge in [-0.25, -0.2) is 9.67 Å². The smallest absolute Gasteiger partial charge is 0.185 e. The Kier molecular flexibility index (Phi) is 7.20. The molecule has 0 aliphatic heterocycles. The van der Waals surface area contributed by atoms with E-state index in [1.807, 2.05) is 14.0 Å². The van der Waals surface area contributed by atoms with Crippen molar-refractivity contribution in [2.75, 3.05) is 32.1 Å². The first-order chi connectivity index (χ1) is 7.84. The monoisotopic (exact) mass is 244 g/mol. The van der Waals surface area contributed by atoms with E-state index in [1.54, 1.807) is 22.8 Å². The molecule has 0 atom stereocenters. The Morgan fingerprint density at radius 1 is 1.50 bits per heavy atom. The van der Waals surface area contributed by atoms with Gasteiger partial charge in [0.1, 0.15) is 6.33 Å². The molecule has 1 heterocycles. The average Bonchev–Trinajstić information content (AvgIpc) is 2.68. The molecule has 0 unspecified atom stereocenters. The number of thioether (sulfide) groups is 1. The largest absolute Gasteiger partial charge is 0.382 e. The molecule has 6 heteroatoms. The summed E-state index contributed by atoms with van der Waals surface area (Å²) >= 11 is 1.72. The lowest BCUT2D eigenvalue weighted by Gasteiger charge is -2.04. The highest BCUT2D eigenvalue weighted by molar-refractivity contribution is 7.99. The standard InChI is InChI=1S/C10H20N4OS/c1-3-15-7-4-5-11-6-8-16-10-12-9-13-14(10)2/h9,11H,3-8H2,1-2H3. The number of hydrogen-bond donors (Lipinski definition) is 1. The first-order valence-corrected chi connectivity index (χ1v) is 6.58. The molecule has 92 valence electrons. The third-order valence-electron chi connectivity index (χ3n) is 2.03. The molecule has 0 radical (unpaired) electrons. The van der Waals surface area contributed by atoms with Gasteiger partial charge < -0.3 is 10.1 Å². The van der Waals surface area contributed by atoms with E-state index in [1.165, 1.54) is 0 Å². The van der Waals surface area contributed by atoms with E-state index < -0.39 is 0 Å². The second kappa shape index (κ2) is 8.55. The maximum absolute atomic E-state index is 5.25. The minimum Gasteiger partial charge on any atom is -0.382 e. The van der Waals surface area contributed by atoms with Crippen LogP contribution in [0.2, 0.25) is 0 Å². The van der Waals surface area contributed by atoms with Gasteiger partial charge in [-0.3, -0.25) is 0 Å². The van der Waals surface area contributed by atoms with Crippen LogP contribution in [0.25, 0.3) is 0 Å². The summed E-state index contributed by atoms with van der Waals surface area (Å²) in [5.41, 5.74) is 0. The summed E-state index contributed by atoms with van der Waals surface area (Å²) in [4.78, 5) is 4.14. The molecule has 1 N–H and O–H groups in total. The van der Waals surface area contributed by atoms with E-state index in [0.717, 1.165) is 43.6 Å². The molecule has 0 aliphatic carbocycles. The van der Waals surface area contributed by atoms with Gasteiger partial charge >= 0.3 is 0 Å². The first kappa shape index (κ1) is 13.5. The number of rotatable bonds is 9. The zero-order valence-corrected chi connectivity index (χ0v) is 10.8. The van der Waals surface area contributed by atoms with Gasteiger partial charge in [0.05, 0.1) is 0 Å².